The van der Waals surface area contributed by atoms with Gasteiger partial charge in [0, 0.05) is 32.5 Å². The summed E-state index contributed by atoms with van der Waals surface area (Å²) in [5.74, 6) is 0.598. The van der Waals surface area contributed by atoms with Gasteiger partial charge in [0.2, 0.25) is 5.91 Å². The lowest BCUT2D eigenvalue weighted by molar-refractivity contribution is -0.116. The lowest BCUT2D eigenvalue weighted by Crippen LogP contribution is -2.22. The number of amides is 1. The van der Waals surface area contributed by atoms with Gasteiger partial charge >= 0.3 is 0 Å². The van der Waals surface area contributed by atoms with E-state index < -0.39 is 0 Å². The Morgan fingerprint density at radius 3 is 2.96 bits per heavy atom. The van der Waals surface area contributed by atoms with Crippen molar-refractivity contribution in [3.8, 4) is 10.4 Å². The number of aromatic amines is 1. The zero-order chi connectivity index (χ0) is 18.8. The third-order valence-corrected chi connectivity index (χ3v) is 5.98. The fourth-order valence-electron chi connectivity index (χ4n) is 2.80. The molecule has 2 N–H and O–H groups in total. The lowest BCUT2D eigenvalue weighted by atomic mass is 10.2. The van der Waals surface area contributed by atoms with Gasteiger partial charge in [0.15, 0.2) is 10.6 Å². The number of nitrogens with zero attached hydrogens (tertiary/aromatic N) is 2. The molecule has 2 aromatic heterocycles. The summed E-state index contributed by atoms with van der Waals surface area (Å²) in [6.45, 7) is 0.349. The van der Waals surface area contributed by atoms with Crippen LogP contribution in [0.3, 0.4) is 0 Å². The van der Waals surface area contributed by atoms with E-state index in [1.165, 1.54) is 6.08 Å². The van der Waals surface area contributed by atoms with Crippen molar-refractivity contribution in [1.29, 1.82) is 0 Å². The number of H-pyrrole nitrogens is 1. The van der Waals surface area contributed by atoms with Gasteiger partial charge < -0.3 is 5.32 Å². The average molecular weight is 417 g/mol. The van der Waals surface area contributed by atoms with Crippen LogP contribution in [-0.4, -0.2) is 20.7 Å². The second-order valence-corrected chi connectivity index (χ2v) is 8.19. The number of halogens is 1. The molecule has 1 aliphatic rings. The van der Waals surface area contributed by atoms with E-state index in [2.05, 4.69) is 15.5 Å². The molecule has 1 amide bonds. The first-order valence-corrected chi connectivity index (χ1v) is 10.2. The van der Waals surface area contributed by atoms with Crippen molar-refractivity contribution in [2.45, 2.75) is 25.4 Å². The molecule has 4 rings (SSSR count). The molecule has 0 bridgehead atoms. The summed E-state index contributed by atoms with van der Waals surface area (Å²) in [7, 11) is 0. The third kappa shape index (κ3) is 4.21. The van der Waals surface area contributed by atoms with Crippen molar-refractivity contribution in [3.63, 3.8) is 0 Å². The van der Waals surface area contributed by atoms with Crippen LogP contribution in [-0.2, 0) is 11.3 Å². The Morgan fingerprint density at radius 2 is 2.19 bits per heavy atom. The molecule has 1 fully saturated rings. The van der Waals surface area contributed by atoms with Crippen LogP contribution in [0.15, 0.2) is 42.5 Å². The van der Waals surface area contributed by atoms with Crippen LogP contribution in [0.25, 0.3) is 16.5 Å². The first-order valence-electron chi connectivity index (χ1n) is 8.58. The number of carbonyl (C=O) groups is 1. The monoisotopic (exact) mass is 416 g/mol. The average Bonchev–Trinajstić information content (AvgIpc) is 3.26. The summed E-state index contributed by atoms with van der Waals surface area (Å²) in [5.41, 5.74) is 0.996. The Morgan fingerprint density at radius 1 is 1.37 bits per heavy atom. The minimum Gasteiger partial charge on any atom is -0.345 e. The minimum atomic E-state index is -0.168. The highest BCUT2D eigenvalue weighted by atomic mass is 35.5. The van der Waals surface area contributed by atoms with Crippen molar-refractivity contribution in [2.75, 3.05) is 0 Å². The predicted molar refractivity (Wildman–Crippen MR) is 111 cm³/mol. The summed E-state index contributed by atoms with van der Waals surface area (Å²) in [4.78, 5) is 14.2. The van der Waals surface area contributed by atoms with Gasteiger partial charge in [-0.05, 0) is 49.3 Å². The molecule has 1 aromatic carbocycles. The van der Waals surface area contributed by atoms with Crippen molar-refractivity contribution >= 4 is 47.1 Å². The van der Waals surface area contributed by atoms with Gasteiger partial charge in [0.05, 0.1) is 6.54 Å². The number of carbonyl (C=O) groups excluding carboxylic acids is 1. The van der Waals surface area contributed by atoms with Crippen LogP contribution in [0.5, 0.6) is 0 Å². The van der Waals surface area contributed by atoms with E-state index in [4.69, 9.17) is 23.8 Å². The fourth-order valence-corrected chi connectivity index (χ4v) is 4.35. The zero-order valence-electron chi connectivity index (χ0n) is 14.3. The molecule has 0 atom stereocenters. The quantitative estimate of drug-likeness (QED) is 0.439. The molecule has 1 aliphatic carbocycles. The molecule has 5 nitrogen and oxygen atoms in total. The van der Waals surface area contributed by atoms with Gasteiger partial charge in [-0.3, -0.25) is 14.5 Å². The molecule has 8 heteroatoms. The largest absolute Gasteiger partial charge is 0.345 e. The molecule has 0 unspecified atom stereocenters. The molecule has 138 valence electrons. The van der Waals surface area contributed by atoms with E-state index in [1.54, 1.807) is 17.4 Å². The number of aromatic nitrogens is 3. The molecule has 3 aromatic rings. The second-order valence-electron chi connectivity index (χ2n) is 6.28. The molecular weight excluding hydrogens is 400 g/mol. The number of hydrogen-bond donors (Lipinski definition) is 2. The molecule has 2 heterocycles. The summed E-state index contributed by atoms with van der Waals surface area (Å²) in [6, 6.07) is 12.1. The highest BCUT2D eigenvalue weighted by Gasteiger charge is 2.27. The standard InChI is InChI=1S/C19H17ClN4OS2/c20-15-4-2-1-3-14(15)16-9-7-13(27-16)8-10-18(25)21-11-17-22-23-19(26)24(17)12-5-6-12/h1-4,7-10,12H,5-6,11H2,(H,21,25)(H,23,26)/b10-8+. The lowest BCUT2D eigenvalue weighted by Gasteiger charge is -2.05. The van der Waals surface area contributed by atoms with Gasteiger partial charge in [0.1, 0.15) is 0 Å². The van der Waals surface area contributed by atoms with Crippen LogP contribution in [0.1, 0.15) is 29.6 Å². The number of hydrogen-bond acceptors (Lipinski definition) is 4. The molecule has 1 saturated carbocycles. The van der Waals surface area contributed by atoms with Crippen molar-refractivity contribution in [2.24, 2.45) is 0 Å². The normalized spacial score (nSPS) is 14.0. The van der Waals surface area contributed by atoms with Gasteiger partial charge in [0.25, 0.3) is 0 Å². The summed E-state index contributed by atoms with van der Waals surface area (Å²) in [6.07, 6.45) is 5.56. The number of rotatable bonds is 6. The maximum atomic E-state index is 12.1. The van der Waals surface area contributed by atoms with E-state index in [9.17, 15) is 4.79 Å². The van der Waals surface area contributed by atoms with E-state index >= 15 is 0 Å². The molecule has 0 aliphatic heterocycles. The SMILES string of the molecule is O=C(/C=C/c1ccc(-c2ccccc2Cl)s1)NCc1n[nH]c(=S)n1C1CC1. The summed E-state index contributed by atoms with van der Waals surface area (Å²) < 4.78 is 2.61. The highest BCUT2D eigenvalue weighted by molar-refractivity contribution is 7.71. The predicted octanol–water partition coefficient (Wildman–Crippen LogP) is 4.99. The Hall–Kier alpha value is -2.22. The Balaban J connectivity index is 1.38. The highest BCUT2D eigenvalue weighted by Crippen LogP contribution is 2.36. The van der Waals surface area contributed by atoms with Crippen LogP contribution in [0.4, 0.5) is 0 Å². The topological polar surface area (TPSA) is 62.7 Å². The molecular formula is C19H17ClN4OS2. The second kappa shape index (κ2) is 7.80. The van der Waals surface area contributed by atoms with E-state index in [1.807, 2.05) is 41.0 Å². The molecule has 0 spiro atoms. The van der Waals surface area contributed by atoms with Crippen molar-refractivity contribution in [3.05, 3.63) is 63.0 Å². The van der Waals surface area contributed by atoms with Gasteiger partial charge in [-0.2, -0.15) is 5.10 Å². The first-order chi connectivity index (χ1) is 13.1. The number of thiophene rings is 1. The van der Waals surface area contributed by atoms with Crippen molar-refractivity contribution < 1.29 is 4.79 Å². The zero-order valence-corrected chi connectivity index (χ0v) is 16.7. The minimum absolute atomic E-state index is 0.168. The van der Waals surface area contributed by atoms with Crippen LogP contribution >= 0.6 is 35.2 Å². The van der Waals surface area contributed by atoms with E-state index in [0.29, 0.717) is 17.4 Å². The van der Waals surface area contributed by atoms with Crippen LogP contribution in [0, 0.1) is 4.77 Å². The molecule has 0 radical (unpaired) electrons. The first kappa shape index (κ1) is 18.2. The van der Waals surface area contributed by atoms with Gasteiger partial charge in [-0.25, -0.2) is 0 Å². The van der Waals surface area contributed by atoms with E-state index in [-0.39, 0.29) is 5.91 Å². The smallest absolute Gasteiger partial charge is 0.244 e. The Labute approximate surface area is 170 Å². The maximum Gasteiger partial charge on any atom is 0.244 e. The van der Waals surface area contributed by atoms with Crippen LogP contribution < -0.4 is 5.32 Å². The van der Waals surface area contributed by atoms with Gasteiger partial charge in [-0.1, -0.05) is 29.8 Å². The van der Waals surface area contributed by atoms with E-state index in [0.717, 1.165) is 39.0 Å². The molecule has 0 saturated heterocycles. The maximum absolute atomic E-state index is 12.1. The third-order valence-electron chi connectivity index (χ3n) is 4.28. The number of nitrogens with one attached hydrogen (secondary N) is 2. The molecule has 27 heavy (non-hydrogen) atoms. The Kier molecular flexibility index (Phi) is 5.24. The number of benzene rings is 1. The fraction of sp³-hybridized carbons (Fsp3) is 0.211. The van der Waals surface area contributed by atoms with Crippen molar-refractivity contribution in [1.82, 2.24) is 20.1 Å². The Bertz CT molecular complexity index is 1060. The van der Waals surface area contributed by atoms with Crippen LogP contribution in [0.2, 0.25) is 5.02 Å². The summed E-state index contributed by atoms with van der Waals surface area (Å²) in [5, 5.41) is 10.6. The summed E-state index contributed by atoms with van der Waals surface area (Å²) >= 11 is 13.1. The van der Waals surface area contributed by atoms with Gasteiger partial charge in [-0.15, -0.1) is 11.3 Å².